The highest BCUT2D eigenvalue weighted by molar-refractivity contribution is 6.05. The Morgan fingerprint density at radius 1 is 1.44 bits per heavy atom. The van der Waals surface area contributed by atoms with Gasteiger partial charge in [-0.25, -0.2) is 4.79 Å². The lowest BCUT2D eigenvalue weighted by molar-refractivity contribution is -0.124. The predicted molar refractivity (Wildman–Crippen MR) is 93.6 cm³/mol. The highest BCUT2D eigenvalue weighted by Crippen LogP contribution is 2.37. The number of amides is 2. The summed E-state index contributed by atoms with van der Waals surface area (Å²) in [6, 6.07) is 5.02. The van der Waals surface area contributed by atoms with Crippen LogP contribution in [0.4, 0.5) is 11.4 Å². The number of nitrogens with zero attached hydrogens (tertiary/aromatic N) is 1. The SMILES string of the molecule is CC[C@H](C)NC(=O)COC(=O)c1ccc2c(c1)NC(=O)[C@H]1CCCN21. The highest BCUT2D eigenvalue weighted by atomic mass is 16.5. The zero-order valence-electron chi connectivity index (χ0n) is 14.5. The van der Waals surface area contributed by atoms with Crippen LogP contribution in [0.3, 0.4) is 0 Å². The molecule has 2 atom stereocenters. The van der Waals surface area contributed by atoms with E-state index in [4.69, 9.17) is 4.74 Å². The lowest BCUT2D eigenvalue weighted by Gasteiger charge is -2.33. The second-order valence-corrected chi connectivity index (χ2v) is 6.53. The number of hydrogen-bond donors (Lipinski definition) is 2. The Balaban J connectivity index is 1.66. The number of fused-ring (bicyclic) bond motifs is 3. The third-order valence-corrected chi connectivity index (χ3v) is 4.71. The van der Waals surface area contributed by atoms with E-state index in [9.17, 15) is 14.4 Å². The predicted octanol–water partition coefficient (Wildman–Crippen LogP) is 1.68. The van der Waals surface area contributed by atoms with E-state index in [0.29, 0.717) is 11.3 Å². The molecule has 25 heavy (non-hydrogen) atoms. The number of nitrogens with one attached hydrogen (secondary N) is 2. The fourth-order valence-electron chi connectivity index (χ4n) is 3.19. The highest BCUT2D eigenvalue weighted by Gasteiger charge is 2.36. The van der Waals surface area contributed by atoms with E-state index in [1.54, 1.807) is 12.1 Å². The standard InChI is InChI=1S/C18H23N3O4/c1-3-11(2)19-16(22)10-25-18(24)12-6-7-14-13(9-12)20-17(23)15-5-4-8-21(14)15/h6-7,9,11,15H,3-5,8,10H2,1-2H3,(H,19,22)(H,20,23)/t11-,15+/m0/s1. The van der Waals surface area contributed by atoms with Crippen LogP contribution in [0.2, 0.25) is 0 Å². The van der Waals surface area contributed by atoms with Gasteiger partial charge in [0, 0.05) is 12.6 Å². The molecule has 134 valence electrons. The number of esters is 1. The molecule has 0 radical (unpaired) electrons. The molecule has 2 heterocycles. The molecule has 2 aliphatic heterocycles. The molecule has 1 fully saturated rings. The molecule has 0 saturated carbocycles. The second kappa shape index (κ2) is 7.13. The number of ether oxygens (including phenoxy) is 1. The minimum absolute atomic E-state index is 0.0385. The number of rotatable bonds is 5. The quantitative estimate of drug-likeness (QED) is 0.793. The van der Waals surface area contributed by atoms with Crippen molar-refractivity contribution in [3.05, 3.63) is 23.8 Å². The van der Waals surface area contributed by atoms with Gasteiger partial charge < -0.3 is 20.3 Å². The fourth-order valence-corrected chi connectivity index (χ4v) is 3.19. The molecule has 0 aromatic heterocycles. The van der Waals surface area contributed by atoms with Crippen LogP contribution in [-0.2, 0) is 14.3 Å². The third kappa shape index (κ3) is 3.60. The second-order valence-electron chi connectivity index (χ2n) is 6.53. The smallest absolute Gasteiger partial charge is 0.338 e. The molecule has 2 aliphatic rings. The lowest BCUT2D eigenvalue weighted by atomic mass is 10.1. The summed E-state index contributed by atoms with van der Waals surface area (Å²) in [6.45, 7) is 4.37. The zero-order chi connectivity index (χ0) is 18.0. The maximum Gasteiger partial charge on any atom is 0.338 e. The van der Waals surface area contributed by atoms with Crippen LogP contribution in [-0.4, -0.2) is 43.0 Å². The summed E-state index contributed by atoms with van der Waals surface area (Å²) >= 11 is 0. The Morgan fingerprint density at radius 3 is 3.00 bits per heavy atom. The van der Waals surface area contributed by atoms with Crippen molar-refractivity contribution in [1.82, 2.24) is 5.32 Å². The van der Waals surface area contributed by atoms with Crippen molar-refractivity contribution in [3.8, 4) is 0 Å². The van der Waals surface area contributed by atoms with E-state index < -0.39 is 5.97 Å². The van der Waals surface area contributed by atoms with E-state index in [-0.39, 0.29) is 30.5 Å². The van der Waals surface area contributed by atoms with Crippen molar-refractivity contribution < 1.29 is 19.1 Å². The van der Waals surface area contributed by atoms with Gasteiger partial charge in [-0.15, -0.1) is 0 Å². The van der Waals surface area contributed by atoms with Crippen LogP contribution in [0.25, 0.3) is 0 Å². The first kappa shape index (κ1) is 17.3. The van der Waals surface area contributed by atoms with E-state index >= 15 is 0 Å². The molecule has 1 aromatic carbocycles. The number of anilines is 2. The Morgan fingerprint density at radius 2 is 2.24 bits per heavy atom. The van der Waals surface area contributed by atoms with Crippen molar-refractivity contribution in [3.63, 3.8) is 0 Å². The van der Waals surface area contributed by atoms with E-state index in [1.165, 1.54) is 0 Å². The summed E-state index contributed by atoms with van der Waals surface area (Å²) in [5, 5.41) is 5.59. The van der Waals surface area contributed by atoms with Gasteiger partial charge in [-0.1, -0.05) is 6.92 Å². The van der Waals surface area contributed by atoms with Crippen molar-refractivity contribution in [2.45, 2.75) is 45.2 Å². The molecule has 0 bridgehead atoms. The van der Waals surface area contributed by atoms with Gasteiger partial charge in [-0.3, -0.25) is 9.59 Å². The number of carbonyl (C=O) groups is 3. The number of hydrogen-bond acceptors (Lipinski definition) is 5. The Kier molecular flexibility index (Phi) is 4.92. The summed E-state index contributed by atoms with van der Waals surface area (Å²) in [5.74, 6) is -0.947. The Hall–Kier alpha value is -2.57. The molecule has 1 aromatic rings. The van der Waals surface area contributed by atoms with Crippen molar-refractivity contribution in [2.75, 3.05) is 23.4 Å². The molecule has 3 rings (SSSR count). The van der Waals surface area contributed by atoms with E-state index in [0.717, 1.165) is 31.5 Å². The van der Waals surface area contributed by atoms with Gasteiger partial charge in [0.15, 0.2) is 6.61 Å². The third-order valence-electron chi connectivity index (χ3n) is 4.71. The van der Waals surface area contributed by atoms with Crippen LogP contribution in [0.15, 0.2) is 18.2 Å². The number of benzene rings is 1. The largest absolute Gasteiger partial charge is 0.452 e. The van der Waals surface area contributed by atoms with Gasteiger partial charge >= 0.3 is 5.97 Å². The van der Waals surface area contributed by atoms with Crippen LogP contribution in [0.1, 0.15) is 43.5 Å². The van der Waals surface area contributed by atoms with Crippen LogP contribution >= 0.6 is 0 Å². The summed E-state index contributed by atoms with van der Waals surface area (Å²) in [5.41, 5.74) is 1.85. The van der Waals surface area contributed by atoms with Crippen LogP contribution < -0.4 is 15.5 Å². The van der Waals surface area contributed by atoms with Crippen LogP contribution in [0.5, 0.6) is 0 Å². The van der Waals surface area contributed by atoms with Gasteiger partial charge in [-0.05, 0) is 44.4 Å². The summed E-state index contributed by atoms with van der Waals surface area (Å²) in [4.78, 5) is 38.1. The average molecular weight is 345 g/mol. The molecule has 2 N–H and O–H groups in total. The summed E-state index contributed by atoms with van der Waals surface area (Å²) in [7, 11) is 0. The fraction of sp³-hybridized carbons (Fsp3) is 0.500. The van der Waals surface area contributed by atoms with Crippen molar-refractivity contribution in [1.29, 1.82) is 0 Å². The zero-order valence-corrected chi connectivity index (χ0v) is 14.5. The van der Waals surface area contributed by atoms with Crippen molar-refractivity contribution in [2.24, 2.45) is 0 Å². The minimum Gasteiger partial charge on any atom is -0.452 e. The molecule has 0 unspecified atom stereocenters. The van der Waals surface area contributed by atoms with Crippen LogP contribution in [0, 0.1) is 0 Å². The first-order valence-electron chi connectivity index (χ1n) is 8.67. The van der Waals surface area contributed by atoms with Gasteiger partial charge in [-0.2, -0.15) is 0 Å². The van der Waals surface area contributed by atoms with E-state index in [2.05, 4.69) is 15.5 Å². The normalized spacial score (nSPS) is 19.5. The molecule has 0 spiro atoms. The van der Waals surface area contributed by atoms with Gasteiger partial charge in [0.1, 0.15) is 6.04 Å². The maximum atomic E-state index is 12.2. The van der Waals surface area contributed by atoms with Gasteiger partial charge in [0.05, 0.1) is 16.9 Å². The van der Waals surface area contributed by atoms with Gasteiger partial charge in [0.2, 0.25) is 5.91 Å². The lowest BCUT2D eigenvalue weighted by Crippen LogP contribution is -2.43. The van der Waals surface area contributed by atoms with Crippen molar-refractivity contribution >= 4 is 29.2 Å². The number of carbonyl (C=O) groups excluding carboxylic acids is 3. The topological polar surface area (TPSA) is 87.7 Å². The average Bonchev–Trinajstić information content (AvgIpc) is 3.09. The monoisotopic (exact) mass is 345 g/mol. The Labute approximate surface area is 146 Å². The molecular formula is C18H23N3O4. The Bertz CT molecular complexity index is 704. The maximum absolute atomic E-state index is 12.2. The molecule has 2 amide bonds. The molecular weight excluding hydrogens is 322 g/mol. The first-order valence-corrected chi connectivity index (χ1v) is 8.67. The summed E-state index contributed by atoms with van der Waals surface area (Å²) in [6.07, 6.45) is 2.63. The molecule has 1 saturated heterocycles. The van der Waals surface area contributed by atoms with Gasteiger partial charge in [0.25, 0.3) is 5.91 Å². The molecule has 0 aliphatic carbocycles. The first-order chi connectivity index (χ1) is 12.0. The summed E-state index contributed by atoms with van der Waals surface area (Å²) < 4.78 is 5.06. The van der Waals surface area contributed by atoms with E-state index in [1.807, 2.05) is 19.9 Å². The minimum atomic E-state index is -0.583. The molecule has 7 nitrogen and oxygen atoms in total. The molecule has 7 heteroatoms.